The Morgan fingerprint density at radius 3 is 2.49 bits per heavy atom. The highest BCUT2D eigenvalue weighted by atomic mass is 15.0. The Kier molecular flexibility index (Phi) is 5.97. The Balaban J connectivity index is 1.25. The van der Waals surface area contributed by atoms with Crippen molar-refractivity contribution in [1.29, 1.82) is 0 Å². The number of benzene rings is 1. The normalized spacial score (nSPS) is 39.2. The fraction of sp³-hybridized carbons (Fsp3) is 0.765. The van der Waals surface area contributed by atoms with E-state index in [9.17, 15) is 0 Å². The third kappa shape index (κ3) is 3.60. The molecule has 6 rings (SSSR count). The topological polar surface area (TPSA) is 4.93 Å². The van der Waals surface area contributed by atoms with Crippen molar-refractivity contribution in [2.45, 2.75) is 105 Å². The zero-order chi connectivity index (χ0) is 24.5. The summed E-state index contributed by atoms with van der Waals surface area (Å²) in [7, 11) is 2.32. The van der Waals surface area contributed by atoms with Crippen LogP contribution in [0.5, 0.6) is 0 Å². The second-order valence-corrected chi connectivity index (χ2v) is 14.6. The number of aromatic nitrogens is 1. The summed E-state index contributed by atoms with van der Waals surface area (Å²) in [4.78, 5) is 0. The van der Waals surface area contributed by atoms with Gasteiger partial charge in [-0.1, -0.05) is 72.1 Å². The van der Waals surface area contributed by atoms with Crippen LogP contribution in [0.2, 0.25) is 0 Å². The summed E-state index contributed by atoms with van der Waals surface area (Å²) in [5.41, 5.74) is 5.93. The van der Waals surface area contributed by atoms with E-state index in [1.54, 1.807) is 16.6 Å². The quantitative estimate of drug-likeness (QED) is 0.408. The van der Waals surface area contributed by atoms with Crippen LogP contribution in [0, 0.1) is 52.3 Å². The van der Waals surface area contributed by atoms with Crippen LogP contribution < -0.4 is 0 Å². The molecule has 0 N–H and O–H groups in total. The summed E-state index contributed by atoms with van der Waals surface area (Å²) < 4.78 is 2.54. The maximum Gasteiger partial charge on any atom is 0.0482 e. The Hall–Kier alpha value is -1.24. The van der Waals surface area contributed by atoms with Gasteiger partial charge in [0.15, 0.2) is 0 Å². The van der Waals surface area contributed by atoms with Crippen molar-refractivity contribution in [1.82, 2.24) is 4.57 Å². The first-order valence-electron chi connectivity index (χ1n) is 15.3. The fourth-order valence-corrected chi connectivity index (χ4v) is 10.8. The molecule has 4 aliphatic carbocycles. The minimum atomic E-state index is 0.502. The number of para-hydroxylation sites is 1. The van der Waals surface area contributed by atoms with Crippen molar-refractivity contribution in [2.24, 2.45) is 59.3 Å². The third-order valence-electron chi connectivity index (χ3n) is 12.6. The highest BCUT2D eigenvalue weighted by molar-refractivity contribution is 5.86. The zero-order valence-corrected chi connectivity index (χ0v) is 23.6. The van der Waals surface area contributed by atoms with Crippen LogP contribution in [0.3, 0.4) is 0 Å². The maximum atomic E-state index is 2.75. The van der Waals surface area contributed by atoms with Gasteiger partial charge in [-0.3, -0.25) is 0 Å². The van der Waals surface area contributed by atoms with Crippen molar-refractivity contribution in [2.75, 3.05) is 0 Å². The highest BCUT2D eigenvalue weighted by Crippen LogP contribution is 2.68. The molecule has 0 spiro atoms. The lowest BCUT2D eigenvalue weighted by molar-refractivity contribution is -0.103. The van der Waals surface area contributed by atoms with Crippen LogP contribution in [0.15, 0.2) is 24.3 Å². The van der Waals surface area contributed by atoms with Crippen molar-refractivity contribution in [3.63, 3.8) is 0 Å². The average molecular weight is 474 g/mol. The first kappa shape index (κ1) is 24.1. The van der Waals surface area contributed by atoms with Crippen LogP contribution in [0.25, 0.3) is 10.9 Å². The predicted molar refractivity (Wildman–Crippen MR) is 150 cm³/mol. The van der Waals surface area contributed by atoms with E-state index in [-0.39, 0.29) is 0 Å². The smallest absolute Gasteiger partial charge is 0.0482 e. The van der Waals surface area contributed by atoms with Gasteiger partial charge in [-0.25, -0.2) is 0 Å². The van der Waals surface area contributed by atoms with Gasteiger partial charge < -0.3 is 4.57 Å². The van der Waals surface area contributed by atoms with E-state index in [2.05, 4.69) is 70.5 Å². The Labute approximate surface area is 215 Å². The van der Waals surface area contributed by atoms with Crippen LogP contribution in [-0.4, -0.2) is 4.57 Å². The molecule has 0 bridgehead atoms. The van der Waals surface area contributed by atoms with Crippen molar-refractivity contribution < 1.29 is 0 Å². The molecule has 35 heavy (non-hydrogen) atoms. The molecule has 3 saturated carbocycles. The lowest BCUT2D eigenvalue weighted by Gasteiger charge is -2.60. The molecule has 4 aliphatic rings. The summed E-state index contributed by atoms with van der Waals surface area (Å²) in [6, 6.07) is 9.22. The van der Waals surface area contributed by atoms with Crippen molar-refractivity contribution in [3.05, 3.63) is 35.5 Å². The molecule has 1 aromatic carbocycles. The maximum absolute atomic E-state index is 2.75. The van der Waals surface area contributed by atoms with Gasteiger partial charge in [0.05, 0.1) is 0 Å². The molecule has 3 fully saturated rings. The van der Waals surface area contributed by atoms with E-state index in [0.29, 0.717) is 10.8 Å². The fourth-order valence-electron chi connectivity index (χ4n) is 10.8. The molecule has 0 radical (unpaired) electrons. The SMILES string of the molecule is CC(C)CCC[C@H](C)[C@@H]1CC[C@H]2[C@H]3CC[C@H]4Cc5c(c6ccccc6n5C)C[C@]4(C)[C@@H]3CC[C@@]21C. The number of rotatable bonds is 5. The molecule has 1 nitrogen and oxygen atoms in total. The van der Waals surface area contributed by atoms with Crippen LogP contribution in [0.4, 0.5) is 0 Å². The molecule has 1 heteroatoms. The van der Waals surface area contributed by atoms with E-state index in [4.69, 9.17) is 0 Å². The molecule has 0 saturated heterocycles. The highest BCUT2D eigenvalue weighted by Gasteiger charge is 2.60. The first-order valence-corrected chi connectivity index (χ1v) is 15.3. The Morgan fingerprint density at radius 1 is 0.914 bits per heavy atom. The molecule has 2 aromatic rings. The van der Waals surface area contributed by atoms with E-state index < -0.39 is 0 Å². The van der Waals surface area contributed by atoms with Gasteiger partial charge in [0, 0.05) is 23.6 Å². The Bertz CT molecular complexity index is 1080. The zero-order valence-electron chi connectivity index (χ0n) is 23.6. The first-order chi connectivity index (χ1) is 16.7. The minimum absolute atomic E-state index is 0.502. The molecular weight excluding hydrogens is 422 g/mol. The van der Waals surface area contributed by atoms with Gasteiger partial charge in [0.2, 0.25) is 0 Å². The predicted octanol–water partition coefficient (Wildman–Crippen LogP) is 9.21. The summed E-state index contributed by atoms with van der Waals surface area (Å²) in [6.45, 7) is 12.9. The summed E-state index contributed by atoms with van der Waals surface area (Å²) in [5.74, 6) is 6.56. The number of aryl methyl sites for hydroxylation is 1. The van der Waals surface area contributed by atoms with Gasteiger partial charge in [-0.2, -0.15) is 0 Å². The Morgan fingerprint density at radius 2 is 1.69 bits per heavy atom. The van der Waals surface area contributed by atoms with Gasteiger partial charge in [-0.05, 0) is 115 Å². The molecule has 0 aliphatic heterocycles. The number of fused-ring (bicyclic) bond motifs is 8. The monoisotopic (exact) mass is 473 g/mol. The minimum Gasteiger partial charge on any atom is -0.347 e. The molecule has 1 heterocycles. The van der Waals surface area contributed by atoms with Crippen LogP contribution in [-0.2, 0) is 19.9 Å². The standard InChI is InChI=1S/C34H51N/c1-22(2)10-9-11-23(3)28-16-17-29-26-15-14-24-20-32-27(25-12-7-8-13-31(25)35(32)6)21-34(24,5)30(26)18-19-33(28,29)4/h7-8,12-13,22-24,26,28-30H,9-11,14-21H2,1-6H3/t23-,24-,26+,28-,29-,30+,33+,34-/m0/s1. The number of hydrogen-bond acceptors (Lipinski definition) is 0. The third-order valence-corrected chi connectivity index (χ3v) is 12.6. The largest absolute Gasteiger partial charge is 0.347 e. The number of nitrogens with zero attached hydrogens (tertiary/aromatic N) is 1. The van der Waals surface area contributed by atoms with E-state index in [1.807, 2.05) is 0 Å². The summed E-state index contributed by atoms with van der Waals surface area (Å²) in [6.07, 6.45) is 16.0. The molecule has 8 atom stereocenters. The van der Waals surface area contributed by atoms with Gasteiger partial charge in [0.25, 0.3) is 0 Å². The van der Waals surface area contributed by atoms with E-state index in [0.717, 1.165) is 41.4 Å². The number of hydrogen-bond donors (Lipinski definition) is 0. The molecule has 1 aromatic heterocycles. The second-order valence-electron chi connectivity index (χ2n) is 14.6. The lowest BCUT2D eigenvalue weighted by atomic mass is 9.44. The average Bonchev–Trinajstić information content (AvgIpc) is 3.32. The molecule has 192 valence electrons. The molecule has 0 amide bonds. The van der Waals surface area contributed by atoms with Crippen molar-refractivity contribution >= 4 is 10.9 Å². The molecule has 0 unspecified atom stereocenters. The second kappa shape index (κ2) is 8.66. The summed E-state index contributed by atoms with van der Waals surface area (Å²) in [5, 5.41) is 1.54. The molecular formula is C34H51N. The van der Waals surface area contributed by atoms with Gasteiger partial charge in [-0.15, -0.1) is 0 Å². The van der Waals surface area contributed by atoms with E-state index >= 15 is 0 Å². The van der Waals surface area contributed by atoms with Crippen LogP contribution >= 0.6 is 0 Å². The van der Waals surface area contributed by atoms with Crippen LogP contribution in [0.1, 0.15) is 104 Å². The van der Waals surface area contributed by atoms with Gasteiger partial charge in [0.1, 0.15) is 0 Å². The summed E-state index contributed by atoms with van der Waals surface area (Å²) >= 11 is 0. The van der Waals surface area contributed by atoms with Crippen molar-refractivity contribution in [3.8, 4) is 0 Å². The lowest BCUT2D eigenvalue weighted by Crippen LogP contribution is -2.54. The van der Waals surface area contributed by atoms with E-state index in [1.165, 1.54) is 76.1 Å². The van der Waals surface area contributed by atoms with Gasteiger partial charge >= 0.3 is 0 Å².